The average molecular weight is 832 g/mol. The molecule has 0 aliphatic heterocycles. The van der Waals surface area contributed by atoms with Crippen LogP contribution in [0, 0.1) is 0 Å². The topological polar surface area (TPSA) is 172 Å². The molecule has 0 aliphatic rings. The van der Waals surface area contributed by atoms with Gasteiger partial charge in [0.25, 0.3) is 0 Å². The lowest BCUT2D eigenvalue weighted by Gasteiger charge is -2.20. The Morgan fingerprint density at radius 3 is 1.45 bits per heavy atom. The van der Waals surface area contributed by atoms with Crippen LogP contribution >= 0.6 is 7.82 Å². The minimum Gasteiger partial charge on any atom is -0.480 e. The van der Waals surface area contributed by atoms with E-state index in [-0.39, 0.29) is 19.4 Å². The molecular formula is C46H74NO10P. The second-order valence-corrected chi connectivity index (χ2v) is 15.2. The average Bonchev–Trinajstić information content (AvgIpc) is 3.20. The van der Waals surface area contributed by atoms with Gasteiger partial charge >= 0.3 is 25.7 Å². The van der Waals surface area contributed by atoms with Gasteiger partial charge in [-0.2, -0.15) is 0 Å². The normalized spacial score (nSPS) is 14.7. The number of carboxylic acids is 1. The first-order chi connectivity index (χ1) is 28.1. The molecule has 0 aromatic rings. The van der Waals surface area contributed by atoms with Crippen molar-refractivity contribution in [1.82, 2.24) is 0 Å². The maximum absolute atomic E-state index is 12.6. The smallest absolute Gasteiger partial charge is 0.472 e. The third-order valence-corrected chi connectivity index (χ3v) is 9.27. The lowest BCUT2D eigenvalue weighted by atomic mass is 10.1. The van der Waals surface area contributed by atoms with Crippen LogP contribution in [0.1, 0.15) is 142 Å². The second kappa shape index (κ2) is 40.2. The molecule has 0 radical (unpaired) electrons. The maximum Gasteiger partial charge on any atom is 0.472 e. The van der Waals surface area contributed by atoms with Crippen LogP contribution in [-0.4, -0.2) is 59.9 Å². The van der Waals surface area contributed by atoms with Gasteiger partial charge in [-0.25, -0.2) is 4.57 Å². The standard InChI is InChI=1S/C46H74NO10P/c1-3-5-7-9-11-13-15-17-19-20-21-22-24-25-27-29-31-33-35-37-44(48)54-39-42(40-55-58(52,53)56-41-43(47)46(50)51)57-45(49)38-36-34-32-30-28-26-23-18-16-14-12-10-8-6-4-2/h5,7,11-14,17-19,21-23,25,27-28,30,42-43H,3-4,6,8-10,15-16,20,24,26,29,31-41,47H2,1-2H3,(H,50,51)(H,52,53)/b7-5-,13-11-,14-12-,19-17-,22-21-,23-18-,27-25-,30-28-/t42-,43+/m1/s1. The van der Waals surface area contributed by atoms with E-state index in [1.165, 1.54) is 19.3 Å². The summed E-state index contributed by atoms with van der Waals surface area (Å²) in [5.74, 6) is -2.49. The molecule has 0 aliphatic carbocycles. The third kappa shape index (κ3) is 39.2. The Kier molecular flexibility index (Phi) is 37.7. The zero-order valence-electron chi connectivity index (χ0n) is 35.3. The van der Waals surface area contributed by atoms with E-state index in [2.05, 4.69) is 116 Å². The Labute approximate surface area is 349 Å². The Balaban J connectivity index is 4.52. The first-order valence-corrected chi connectivity index (χ1v) is 22.8. The number of ether oxygens (including phenoxy) is 2. The van der Waals surface area contributed by atoms with Gasteiger partial charge in [0, 0.05) is 12.8 Å². The van der Waals surface area contributed by atoms with Gasteiger partial charge < -0.3 is 25.2 Å². The highest BCUT2D eigenvalue weighted by atomic mass is 31.2. The minimum absolute atomic E-state index is 0.0986. The van der Waals surface area contributed by atoms with Crippen molar-refractivity contribution in [2.75, 3.05) is 19.8 Å². The van der Waals surface area contributed by atoms with Gasteiger partial charge in [-0.3, -0.25) is 23.4 Å². The molecule has 0 amide bonds. The summed E-state index contributed by atoms with van der Waals surface area (Å²) in [6.07, 6.45) is 50.5. The Bertz CT molecular complexity index is 1350. The number of carboxylic acid groups (broad SMARTS) is 1. The van der Waals surface area contributed by atoms with E-state index in [1.807, 2.05) is 0 Å². The summed E-state index contributed by atoms with van der Waals surface area (Å²) in [5.41, 5.74) is 5.32. The van der Waals surface area contributed by atoms with Crippen LogP contribution in [0.3, 0.4) is 0 Å². The van der Waals surface area contributed by atoms with Gasteiger partial charge in [0.15, 0.2) is 6.10 Å². The zero-order valence-corrected chi connectivity index (χ0v) is 36.2. The molecule has 0 bridgehead atoms. The summed E-state index contributed by atoms with van der Waals surface area (Å²) in [6, 6.07) is -1.54. The number of carbonyl (C=O) groups is 3. The van der Waals surface area contributed by atoms with Crippen molar-refractivity contribution in [3.8, 4) is 0 Å². The van der Waals surface area contributed by atoms with E-state index in [4.69, 9.17) is 24.8 Å². The Hall–Kier alpha value is -3.60. The molecule has 3 atom stereocenters. The van der Waals surface area contributed by atoms with Crippen molar-refractivity contribution in [3.63, 3.8) is 0 Å². The highest BCUT2D eigenvalue weighted by Crippen LogP contribution is 2.43. The van der Waals surface area contributed by atoms with E-state index in [1.54, 1.807) is 0 Å². The number of allylic oxidation sites excluding steroid dienone is 16. The number of phosphoric acid groups is 1. The van der Waals surface area contributed by atoms with E-state index in [9.17, 15) is 23.8 Å². The van der Waals surface area contributed by atoms with Crippen molar-refractivity contribution >= 4 is 25.7 Å². The van der Waals surface area contributed by atoms with Gasteiger partial charge in [0.1, 0.15) is 12.6 Å². The van der Waals surface area contributed by atoms with Crippen LogP contribution in [0.4, 0.5) is 0 Å². The summed E-state index contributed by atoms with van der Waals surface area (Å²) in [5, 5.41) is 8.88. The van der Waals surface area contributed by atoms with Crippen molar-refractivity contribution in [2.45, 2.75) is 154 Å². The fourth-order valence-corrected chi connectivity index (χ4v) is 5.76. The maximum atomic E-state index is 12.6. The molecule has 328 valence electrons. The number of hydrogen-bond donors (Lipinski definition) is 3. The molecule has 0 heterocycles. The van der Waals surface area contributed by atoms with Gasteiger partial charge in [-0.05, 0) is 96.3 Å². The molecule has 0 aromatic carbocycles. The first kappa shape index (κ1) is 54.4. The third-order valence-electron chi connectivity index (χ3n) is 8.32. The molecular weight excluding hydrogens is 757 g/mol. The predicted molar refractivity (Wildman–Crippen MR) is 235 cm³/mol. The van der Waals surface area contributed by atoms with Crippen LogP contribution in [-0.2, 0) is 37.5 Å². The van der Waals surface area contributed by atoms with E-state index in [0.29, 0.717) is 12.8 Å². The van der Waals surface area contributed by atoms with Crippen molar-refractivity contribution in [1.29, 1.82) is 0 Å². The SMILES string of the molecule is CC/C=C\C/C=C\C/C=C\C/C=C\C/C=C\CCCCCC(=O)OC[C@H](COP(=O)(O)OC[C@H](N)C(=O)O)OC(=O)CCCC/C=C\C/C=C\C/C=C\CCCCC. The van der Waals surface area contributed by atoms with E-state index in [0.717, 1.165) is 83.5 Å². The monoisotopic (exact) mass is 832 g/mol. The number of phosphoric ester groups is 1. The highest BCUT2D eigenvalue weighted by molar-refractivity contribution is 7.47. The molecule has 0 aromatic heterocycles. The predicted octanol–water partition coefficient (Wildman–Crippen LogP) is 11.3. The Morgan fingerprint density at radius 1 is 0.552 bits per heavy atom. The summed E-state index contributed by atoms with van der Waals surface area (Å²) in [4.78, 5) is 45.9. The molecule has 1 unspecified atom stereocenters. The fraction of sp³-hybridized carbons (Fsp3) is 0.587. The van der Waals surface area contributed by atoms with Crippen LogP contribution in [0.5, 0.6) is 0 Å². The summed E-state index contributed by atoms with van der Waals surface area (Å²) in [6.45, 7) is 2.56. The first-order valence-electron chi connectivity index (χ1n) is 21.3. The Morgan fingerprint density at radius 2 is 0.966 bits per heavy atom. The van der Waals surface area contributed by atoms with Crippen LogP contribution in [0.25, 0.3) is 0 Å². The number of aliphatic carboxylic acids is 1. The quantitative estimate of drug-likeness (QED) is 0.0234. The van der Waals surface area contributed by atoms with Gasteiger partial charge in [-0.1, -0.05) is 130 Å². The highest BCUT2D eigenvalue weighted by Gasteiger charge is 2.28. The van der Waals surface area contributed by atoms with Crippen LogP contribution in [0.2, 0.25) is 0 Å². The number of rotatable bonds is 38. The largest absolute Gasteiger partial charge is 0.480 e. The molecule has 12 heteroatoms. The number of unbranched alkanes of at least 4 members (excludes halogenated alkanes) is 8. The number of nitrogens with two attached hydrogens (primary N) is 1. The molecule has 0 spiro atoms. The molecule has 0 saturated heterocycles. The second-order valence-electron chi connectivity index (χ2n) is 13.7. The molecule has 58 heavy (non-hydrogen) atoms. The molecule has 0 saturated carbocycles. The summed E-state index contributed by atoms with van der Waals surface area (Å²) in [7, 11) is -4.74. The van der Waals surface area contributed by atoms with Crippen molar-refractivity contribution < 1.29 is 47.5 Å². The lowest BCUT2D eigenvalue weighted by Crippen LogP contribution is -2.34. The van der Waals surface area contributed by atoms with Gasteiger partial charge in [0.2, 0.25) is 0 Å². The number of carbonyl (C=O) groups excluding carboxylic acids is 2. The number of hydrogen-bond acceptors (Lipinski definition) is 9. The summed E-state index contributed by atoms with van der Waals surface area (Å²) < 4.78 is 32.6. The summed E-state index contributed by atoms with van der Waals surface area (Å²) >= 11 is 0. The number of esters is 2. The molecule has 0 rings (SSSR count). The fourth-order valence-electron chi connectivity index (χ4n) is 4.98. The van der Waals surface area contributed by atoms with Crippen molar-refractivity contribution in [3.05, 3.63) is 97.2 Å². The molecule has 4 N–H and O–H groups in total. The zero-order chi connectivity index (χ0) is 42.8. The van der Waals surface area contributed by atoms with Gasteiger partial charge in [-0.15, -0.1) is 0 Å². The molecule has 11 nitrogen and oxygen atoms in total. The van der Waals surface area contributed by atoms with Crippen molar-refractivity contribution in [2.24, 2.45) is 5.73 Å². The van der Waals surface area contributed by atoms with Gasteiger partial charge in [0.05, 0.1) is 13.2 Å². The minimum atomic E-state index is -4.74. The van der Waals surface area contributed by atoms with E-state index >= 15 is 0 Å². The lowest BCUT2D eigenvalue weighted by molar-refractivity contribution is -0.161. The van der Waals surface area contributed by atoms with Crippen LogP contribution in [0.15, 0.2) is 97.2 Å². The van der Waals surface area contributed by atoms with E-state index < -0.39 is 51.1 Å². The van der Waals surface area contributed by atoms with Crippen LogP contribution < -0.4 is 5.73 Å². The molecule has 0 fully saturated rings.